The highest BCUT2D eigenvalue weighted by Gasteiger charge is 1.91. The predicted octanol–water partition coefficient (Wildman–Crippen LogP) is -0.908. The fourth-order valence-corrected chi connectivity index (χ4v) is 0.769. The third-order valence-corrected chi connectivity index (χ3v) is 1.19. The summed E-state index contributed by atoms with van der Waals surface area (Å²) in [5.74, 6) is 0. The van der Waals surface area contributed by atoms with E-state index in [-0.39, 0.29) is 0 Å². The first-order valence-electron chi connectivity index (χ1n) is 2.68. The van der Waals surface area contributed by atoms with E-state index in [2.05, 4.69) is 21.2 Å². The van der Waals surface area contributed by atoms with Crippen molar-refractivity contribution in [1.29, 1.82) is 0 Å². The smallest absolute Gasteiger partial charge is 0.131 e. The molecule has 2 rings (SSSR count). The van der Waals surface area contributed by atoms with Gasteiger partial charge in [-0.15, -0.1) is 0 Å². The third kappa shape index (κ3) is 0.614. The molecule has 1 radical (unpaired) electrons. The molecular formula is C6H4N3. The number of hydrogen-bond donors (Lipinski definition) is 0. The van der Waals surface area contributed by atoms with E-state index in [1.165, 1.54) is 0 Å². The van der Waals surface area contributed by atoms with Crippen LogP contribution in [0.25, 0.3) is 0 Å². The Balaban J connectivity index is 2.97. The lowest BCUT2D eigenvalue weighted by molar-refractivity contribution is 1.05. The Morgan fingerprint density at radius 1 is 1.44 bits per heavy atom. The predicted molar refractivity (Wildman–Crippen MR) is 30.3 cm³/mol. The van der Waals surface area contributed by atoms with Crippen LogP contribution in [0.15, 0.2) is 22.2 Å². The van der Waals surface area contributed by atoms with E-state index in [9.17, 15) is 0 Å². The molecule has 1 aromatic heterocycles. The normalized spacial score (nSPS) is 13.8. The van der Waals surface area contributed by atoms with Gasteiger partial charge in [0.1, 0.15) is 18.2 Å². The Morgan fingerprint density at radius 3 is 3.33 bits per heavy atom. The van der Waals surface area contributed by atoms with E-state index in [1.807, 2.05) is 6.07 Å². The quantitative estimate of drug-likeness (QED) is 0.434. The Bertz CT molecular complexity index is 295. The molecule has 0 aliphatic carbocycles. The highest BCUT2D eigenvalue weighted by molar-refractivity contribution is 4.92. The fourth-order valence-electron chi connectivity index (χ4n) is 0.769. The summed E-state index contributed by atoms with van der Waals surface area (Å²) in [7, 11) is 0. The van der Waals surface area contributed by atoms with Crippen molar-refractivity contribution in [2.75, 3.05) is 6.67 Å². The molecule has 43 valence electrons. The molecule has 0 bridgehead atoms. The molecule has 1 aromatic rings. The first kappa shape index (κ1) is 4.61. The summed E-state index contributed by atoms with van der Waals surface area (Å²) < 4.78 is 0. The fraction of sp³-hybridized carbons (Fsp3) is 0.167. The Hall–Kier alpha value is -1.25. The molecule has 1 aliphatic rings. The molecule has 0 amide bonds. The van der Waals surface area contributed by atoms with Crippen molar-refractivity contribution in [2.24, 2.45) is 9.98 Å². The van der Waals surface area contributed by atoms with Crippen LogP contribution in [-0.2, 0) is 0 Å². The van der Waals surface area contributed by atoms with Gasteiger partial charge in [-0.1, -0.05) is 0 Å². The van der Waals surface area contributed by atoms with Crippen LogP contribution in [0.4, 0.5) is 0 Å². The molecule has 3 nitrogen and oxygen atoms in total. The number of pyridine rings is 1. The lowest BCUT2D eigenvalue weighted by Gasteiger charge is -1.74. The number of fused-ring (bicyclic) bond motifs is 1. The van der Waals surface area contributed by atoms with Gasteiger partial charge in [-0.3, -0.25) is 15.0 Å². The lowest BCUT2D eigenvalue weighted by atomic mass is 10.4. The molecule has 0 spiro atoms. The van der Waals surface area contributed by atoms with Gasteiger partial charge in [-0.05, 0) is 6.07 Å². The maximum absolute atomic E-state index is 4.06. The van der Waals surface area contributed by atoms with Crippen molar-refractivity contribution in [3.8, 4) is 0 Å². The van der Waals surface area contributed by atoms with E-state index < -0.39 is 0 Å². The van der Waals surface area contributed by atoms with Gasteiger partial charge < -0.3 is 0 Å². The third-order valence-electron chi connectivity index (χ3n) is 1.19. The van der Waals surface area contributed by atoms with E-state index in [0.717, 1.165) is 10.7 Å². The zero-order chi connectivity index (χ0) is 6.10. The Kier molecular flexibility index (Phi) is 0.828. The van der Waals surface area contributed by atoms with Crippen LogP contribution in [0, 0.1) is 6.20 Å². The number of aromatic nitrogens is 1. The van der Waals surface area contributed by atoms with E-state index in [1.54, 1.807) is 6.20 Å². The average molecular weight is 118 g/mol. The minimum atomic E-state index is 0.539. The molecular weight excluding hydrogens is 114 g/mol. The second kappa shape index (κ2) is 1.62. The standard InChI is InChI=1S/C6H4N3/c1-2-7-3-6-5(1)8-4-9-6/h1-2H,4H2. The summed E-state index contributed by atoms with van der Waals surface area (Å²) in [6, 6.07) is 1.84. The molecule has 0 saturated carbocycles. The second-order valence-electron chi connectivity index (χ2n) is 1.75. The van der Waals surface area contributed by atoms with E-state index in [4.69, 9.17) is 0 Å². The zero-order valence-corrected chi connectivity index (χ0v) is 4.70. The van der Waals surface area contributed by atoms with Gasteiger partial charge in [0.05, 0.1) is 5.36 Å². The number of rotatable bonds is 0. The van der Waals surface area contributed by atoms with E-state index >= 15 is 0 Å². The number of nitrogens with zero attached hydrogens (tertiary/aromatic N) is 3. The van der Waals surface area contributed by atoms with Crippen LogP contribution >= 0.6 is 0 Å². The summed E-state index contributed by atoms with van der Waals surface area (Å²) in [5, 5.41) is 1.70. The molecule has 0 fully saturated rings. The highest BCUT2D eigenvalue weighted by atomic mass is 15.0. The average Bonchev–Trinajstić information content (AvgIpc) is 2.33. The monoisotopic (exact) mass is 118 g/mol. The van der Waals surface area contributed by atoms with E-state index in [0.29, 0.717) is 6.67 Å². The molecule has 0 atom stereocenters. The van der Waals surface area contributed by atoms with Crippen molar-refractivity contribution in [2.45, 2.75) is 0 Å². The van der Waals surface area contributed by atoms with Crippen molar-refractivity contribution >= 4 is 0 Å². The lowest BCUT2D eigenvalue weighted by Crippen LogP contribution is -2.21. The van der Waals surface area contributed by atoms with Crippen molar-refractivity contribution in [1.82, 2.24) is 4.98 Å². The van der Waals surface area contributed by atoms with Crippen LogP contribution in [0.1, 0.15) is 0 Å². The highest BCUT2D eigenvalue weighted by Crippen LogP contribution is 1.73. The van der Waals surface area contributed by atoms with Crippen LogP contribution in [0.3, 0.4) is 0 Å². The second-order valence-corrected chi connectivity index (χ2v) is 1.75. The summed E-state index contributed by atoms with van der Waals surface area (Å²) in [5.41, 5.74) is 0. The van der Waals surface area contributed by atoms with Gasteiger partial charge >= 0.3 is 0 Å². The Morgan fingerprint density at radius 2 is 2.44 bits per heavy atom. The van der Waals surface area contributed by atoms with Crippen molar-refractivity contribution in [3.05, 3.63) is 29.2 Å². The molecule has 0 unspecified atom stereocenters. The van der Waals surface area contributed by atoms with Crippen LogP contribution < -0.4 is 10.7 Å². The molecule has 0 aromatic carbocycles. The summed E-state index contributed by atoms with van der Waals surface area (Å²) >= 11 is 0. The topological polar surface area (TPSA) is 37.6 Å². The van der Waals surface area contributed by atoms with Crippen LogP contribution in [0.2, 0.25) is 0 Å². The van der Waals surface area contributed by atoms with Crippen LogP contribution in [0.5, 0.6) is 0 Å². The molecule has 0 N–H and O–H groups in total. The largest absolute Gasteiger partial charge is 0.260 e. The zero-order valence-electron chi connectivity index (χ0n) is 4.70. The molecule has 0 saturated heterocycles. The molecule has 3 heteroatoms. The van der Waals surface area contributed by atoms with Crippen molar-refractivity contribution < 1.29 is 0 Å². The van der Waals surface area contributed by atoms with Gasteiger partial charge in [0.2, 0.25) is 0 Å². The summed E-state index contributed by atoms with van der Waals surface area (Å²) in [4.78, 5) is 11.9. The van der Waals surface area contributed by atoms with Gasteiger partial charge in [0.15, 0.2) is 0 Å². The summed E-state index contributed by atoms with van der Waals surface area (Å²) in [6.45, 7) is 0.539. The minimum absolute atomic E-state index is 0.539. The minimum Gasteiger partial charge on any atom is -0.260 e. The molecule has 9 heavy (non-hydrogen) atoms. The maximum Gasteiger partial charge on any atom is 0.131 e. The van der Waals surface area contributed by atoms with Gasteiger partial charge in [0.25, 0.3) is 0 Å². The van der Waals surface area contributed by atoms with Gasteiger partial charge in [-0.2, -0.15) is 0 Å². The van der Waals surface area contributed by atoms with Gasteiger partial charge in [-0.25, -0.2) is 0 Å². The maximum atomic E-state index is 4.06. The first-order valence-corrected chi connectivity index (χ1v) is 2.68. The summed E-state index contributed by atoms with van der Waals surface area (Å²) in [6.07, 6.45) is 4.41. The SMILES string of the molecule is [c]1nccc2c1=NCN=2. The first-order chi connectivity index (χ1) is 4.47. The molecule has 2 heterocycles. The van der Waals surface area contributed by atoms with Gasteiger partial charge in [0, 0.05) is 6.20 Å². The van der Waals surface area contributed by atoms with Crippen LogP contribution in [-0.4, -0.2) is 11.7 Å². The molecule has 1 aliphatic heterocycles. The Labute approximate surface area is 51.8 Å². The number of hydrogen-bond acceptors (Lipinski definition) is 3. The van der Waals surface area contributed by atoms with Crippen molar-refractivity contribution in [3.63, 3.8) is 0 Å².